The van der Waals surface area contributed by atoms with Crippen molar-refractivity contribution >= 4 is 68.3 Å². The van der Waals surface area contributed by atoms with E-state index in [9.17, 15) is 18.4 Å². The van der Waals surface area contributed by atoms with Crippen molar-refractivity contribution in [2.24, 2.45) is 37.0 Å². The molecule has 0 aliphatic heterocycles. The van der Waals surface area contributed by atoms with Crippen LogP contribution in [0.4, 0.5) is 43.4 Å². The van der Waals surface area contributed by atoms with Crippen LogP contribution in [0.15, 0.2) is 60.9 Å². The maximum Gasteiger partial charge on any atom is 0.252 e. The van der Waals surface area contributed by atoms with Crippen molar-refractivity contribution < 1.29 is 18.4 Å². The van der Waals surface area contributed by atoms with Crippen LogP contribution in [0.25, 0.3) is 21.8 Å². The molecule has 4 atom stereocenters. The molecule has 4 aromatic heterocycles. The molecule has 54 heavy (non-hydrogen) atoms. The number of fused-ring (bicyclic) bond motifs is 2. The SMILES string of the molecule is C[C@H](N)[C@@H](C)Nc1nc(Nc2ccc3c(cnn3C)c2)c(C(N)=O)cc1F.C[C@H](Nc1nc(Nc2ccc3c(cnn3C)c2)c(C(N)=O)cc1F)[C@@H](C)N. The summed E-state index contributed by atoms with van der Waals surface area (Å²) >= 11 is 0. The van der Waals surface area contributed by atoms with Gasteiger partial charge in [0, 0.05) is 60.4 Å². The van der Waals surface area contributed by atoms with E-state index in [1.807, 2.05) is 64.3 Å². The molecule has 0 spiro atoms. The van der Waals surface area contributed by atoms with Crippen molar-refractivity contribution in [1.82, 2.24) is 29.5 Å². The lowest BCUT2D eigenvalue weighted by Gasteiger charge is -2.20. The number of nitrogens with zero attached hydrogens (tertiary/aromatic N) is 6. The van der Waals surface area contributed by atoms with Gasteiger partial charge in [-0.25, -0.2) is 18.7 Å². The summed E-state index contributed by atoms with van der Waals surface area (Å²) in [5.74, 6) is -2.60. The Morgan fingerprint density at radius 1 is 0.630 bits per heavy atom. The summed E-state index contributed by atoms with van der Waals surface area (Å²) in [6, 6.07) is 12.4. The number of benzene rings is 2. The summed E-state index contributed by atoms with van der Waals surface area (Å²) in [4.78, 5) is 31.9. The van der Waals surface area contributed by atoms with Crippen LogP contribution in [0.1, 0.15) is 48.4 Å². The Bertz CT molecular complexity index is 2160. The topological polar surface area (TPSA) is 248 Å². The predicted molar refractivity (Wildman–Crippen MR) is 207 cm³/mol. The van der Waals surface area contributed by atoms with E-state index in [0.717, 1.165) is 33.9 Å². The maximum atomic E-state index is 14.4. The molecule has 0 radical (unpaired) electrons. The number of anilines is 6. The van der Waals surface area contributed by atoms with Gasteiger partial charge in [0.05, 0.1) is 34.6 Å². The summed E-state index contributed by atoms with van der Waals surface area (Å²) < 4.78 is 32.2. The molecule has 0 saturated carbocycles. The largest absolute Gasteiger partial charge is 0.365 e. The van der Waals surface area contributed by atoms with Crippen LogP contribution >= 0.6 is 0 Å². The molecule has 0 aliphatic carbocycles. The van der Waals surface area contributed by atoms with E-state index in [2.05, 4.69) is 41.4 Å². The van der Waals surface area contributed by atoms with Gasteiger partial charge in [0.15, 0.2) is 23.3 Å². The predicted octanol–water partition coefficient (Wildman–Crippen LogP) is 4.20. The number of nitrogens with one attached hydrogen (secondary N) is 4. The Morgan fingerprint density at radius 3 is 1.33 bits per heavy atom. The van der Waals surface area contributed by atoms with Gasteiger partial charge in [-0.1, -0.05) is 0 Å². The van der Waals surface area contributed by atoms with Gasteiger partial charge < -0.3 is 44.2 Å². The third kappa shape index (κ3) is 8.79. The summed E-state index contributed by atoms with van der Waals surface area (Å²) in [7, 11) is 3.69. The normalized spacial score (nSPS) is 13.4. The number of carbonyl (C=O) groups excluding carboxylic acids is 2. The molecule has 4 heterocycles. The highest BCUT2D eigenvalue weighted by Crippen LogP contribution is 2.28. The lowest BCUT2D eigenvalue weighted by molar-refractivity contribution is 0.0992. The first kappa shape index (κ1) is 38.8. The second-order valence-corrected chi connectivity index (χ2v) is 13.1. The number of amides is 2. The quantitative estimate of drug-likeness (QED) is 0.0879. The van der Waals surface area contributed by atoms with Gasteiger partial charge in [-0.3, -0.25) is 19.0 Å². The minimum absolute atomic E-state index is 0.00486. The average molecular weight is 743 g/mol. The van der Waals surface area contributed by atoms with Crippen LogP contribution in [0.2, 0.25) is 0 Å². The molecular weight excluding hydrogens is 698 g/mol. The summed E-state index contributed by atoms with van der Waals surface area (Å²) in [6.07, 6.45) is 3.45. The Balaban J connectivity index is 0.000000208. The number of aryl methyl sites for hydroxylation is 2. The van der Waals surface area contributed by atoms with E-state index < -0.39 is 23.4 Å². The van der Waals surface area contributed by atoms with Gasteiger partial charge in [-0.15, -0.1) is 0 Å². The van der Waals surface area contributed by atoms with Gasteiger partial charge >= 0.3 is 0 Å². The lowest BCUT2D eigenvalue weighted by Crippen LogP contribution is -2.35. The first-order valence-electron chi connectivity index (χ1n) is 16.9. The van der Waals surface area contributed by atoms with Crippen LogP contribution in [0.3, 0.4) is 0 Å². The van der Waals surface area contributed by atoms with Crippen molar-refractivity contribution in [3.63, 3.8) is 0 Å². The lowest BCUT2D eigenvalue weighted by atomic mass is 10.1. The second kappa shape index (κ2) is 16.1. The van der Waals surface area contributed by atoms with Crippen LogP contribution < -0.4 is 44.2 Å². The van der Waals surface area contributed by atoms with Gasteiger partial charge in [-0.05, 0) is 76.2 Å². The zero-order valence-electron chi connectivity index (χ0n) is 30.6. The van der Waals surface area contributed by atoms with Gasteiger partial charge in [0.25, 0.3) is 11.8 Å². The highest BCUT2D eigenvalue weighted by Gasteiger charge is 2.20. The average Bonchev–Trinajstić information content (AvgIpc) is 3.67. The highest BCUT2D eigenvalue weighted by atomic mass is 19.1. The van der Waals surface area contributed by atoms with Crippen molar-refractivity contribution in [2.75, 3.05) is 21.3 Å². The number of hydrogen-bond acceptors (Lipinski definition) is 12. The zero-order valence-corrected chi connectivity index (χ0v) is 30.6. The monoisotopic (exact) mass is 742 g/mol. The maximum absolute atomic E-state index is 14.4. The molecule has 284 valence electrons. The third-order valence-corrected chi connectivity index (χ3v) is 8.81. The highest BCUT2D eigenvalue weighted by molar-refractivity contribution is 6.00. The second-order valence-electron chi connectivity index (χ2n) is 13.1. The Kier molecular flexibility index (Phi) is 11.6. The van der Waals surface area contributed by atoms with E-state index in [-0.39, 0.29) is 58.6 Å². The van der Waals surface area contributed by atoms with E-state index in [4.69, 9.17) is 22.9 Å². The summed E-state index contributed by atoms with van der Waals surface area (Å²) in [5, 5.41) is 22.1. The Morgan fingerprint density at radius 2 is 1.00 bits per heavy atom. The molecule has 6 rings (SSSR count). The fourth-order valence-corrected chi connectivity index (χ4v) is 5.20. The van der Waals surface area contributed by atoms with Crippen LogP contribution in [0, 0.1) is 11.6 Å². The van der Waals surface area contributed by atoms with Crippen molar-refractivity contribution in [2.45, 2.75) is 51.9 Å². The molecule has 12 N–H and O–H groups in total. The Labute approximate surface area is 309 Å². The van der Waals surface area contributed by atoms with E-state index in [0.29, 0.717) is 11.4 Å². The molecule has 6 aromatic rings. The smallest absolute Gasteiger partial charge is 0.252 e. The minimum Gasteiger partial charge on any atom is -0.365 e. The zero-order chi connectivity index (χ0) is 39.4. The number of primary amides is 2. The van der Waals surface area contributed by atoms with E-state index in [1.165, 1.54) is 0 Å². The van der Waals surface area contributed by atoms with Gasteiger partial charge in [-0.2, -0.15) is 10.2 Å². The molecule has 2 amide bonds. The Hall–Kier alpha value is -6.40. The minimum atomic E-state index is -0.779. The molecular formula is C36H44F2N14O2. The van der Waals surface area contributed by atoms with Crippen molar-refractivity contribution in [3.05, 3.63) is 83.7 Å². The van der Waals surface area contributed by atoms with Crippen molar-refractivity contribution in [3.8, 4) is 0 Å². The van der Waals surface area contributed by atoms with Crippen LogP contribution in [-0.2, 0) is 14.1 Å². The van der Waals surface area contributed by atoms with Crippen LogP contribution in [0.5, 0.6) is 0 Å². The number of pyridine rings is 2. The number of halogens is 2. The molecule has 0 bridgehead atoms. The number of aromatic nitrogens is 6. The molecule has 0 aliphatic rings. The van der Waals surface area contributed by atoms with Crippen molar-refractivity contribution in [1.29, 1.82) is 0 Å². The molecule has 18 heteroatoms. The fourth-order valence-electron chi connectivity index (χ4n) is 5.20. The standard InChI is InChI=1S/2C18H22FN7O/c2*1-9(20)10(2)23-18-14(19)7-13(16(21)27)17(25-18)24-12-4-5-15-11(6-12)8-22-26(15)3/h2*4-10H,20H2,1-3H3,(H2,21,27)(H2,23,24,25)/t2*9-,10+/m10/s1. The fraction of sp³-hybridized carbons (Fsp3) is 0.278. The summed E-state index contributed by atoms with van der Waals surface area (Å²) in [6.45, 7) is 7.24. The molecule has 0 fully saturated rings. The molecule has 0 saturated heterocycles. The summed E-state index contributed by atoms with van der Waals surface area (Å²) in [5.41, 5.74) is 25.6. The number of nitrogens with two attached hydrogens (primary N) is 4. The van der Waals surface area contributed by atoms with E-state index in [1.54, 1.807) is 35.6 Å². The first-order valence-corrected chi connectivity index (χ1v) is 16.9. The number of rotatable bonds is 12. The number of carbonyl (C=O) groups is 2. The van der Waals surface area contributed by atoms with Crippen LogP contribution in [-0.4, -0.2) is 65.5 Å². The van der Waals surface area contributed by atoms with E-state index >= 15 is 0 Å². The van der Waals surface area contributed by atoms with Gasteiger partial charge in [0.2, 0.25) is 0 Å². The molecule has 16 nitrogen and oxygen atoms in total. The first-order chi connectivity index (χ1) is 25.5. The molecule has 0 unspecified atom stereocenters. The number of hydrogen-bond donors (Lipinski definition) is 8. The molecule has 2 aromatic carbocycles. The third-order valence-electron chi connectivity index (χ3n) is 8.81. The van der Waals surface area contributed by atoms with Gasteiger partial charge in [0.1, 0.15) is 11.6 Å².